The number of hydrogen-bond donors (Lipinski definition) is 0. The molecule has 0 N–H and O–H groups in total. The maximum Gasteiger partial charge on any atom is 0.227 e. The van der Waals surface area contributed by atoms with Crippen LogP contribution in [0.1, 0.15) is 25.1 Å². The molecule has 2 aliphatic heterocycles. The Bertz CT molecular complexity index is 712. The Hall–Kier alpha value is -1.46. The predicted octanol–water partition coefficient (Wildman–Crippen LogP) is 4.44. The highest BCUT2D eigenvalue weighted by Crippen LogP contribution is 2.36. The van der Waals surface area contributed by atoms with E-state index in [1.165, 1.54) is 11.3 Å². The molecular formula is C19H25ClN4S. The fourth-order valence-electron chi connectivity index (χ4n) is 3.08. The van der Waals surface area contributed by atoms with Crippen molar-refractivity contribution < 1.29 is 0 Å². The molecule has 1 fully saturated rings. The molecule has 2 aliphatic rings. The van der Waals surface area contributed by atoms with Gasteiger partial charge in [-0.15, -0.1) is 11.8 Å². The van der Waals surface area contributed by atoms with Crippen molar-refractivity contribution in [3.05, 3.63) is 40.7 Å². The van der Waals surface area contributed by atoms with Crippen molar-refractivity contribution in [1.29, 1.82) is 0 Å². The van der Waals surface area contributed by atoms with E-state index in [1.54, 1.807) is 11.8 Å². The van der Waals surface area contributed by atoms with Crippen LogP contribution in [0.2, 0.25) is 5.15 Å². The normalized spacial score (nSPS) is 16.3. The molecule has 0 bridgehead atoms. The van der Waals surface area contributed by atoms with E-state index in [2.05, 4.69) is 46.0 Å². The lowest BCUT2D eigenvalue weighted by atomic mass is 10.2. The Morgan fingerprint density at radius 3 is 2.28 bits per heavy atom. The second-order valence-corrected chi connectivity index (χ2v) is 7.46. The highest BCUT2D eigenvalue weighted by Gasteiger charge is 2.24. The van der Waals surface area contributed by atoms with Gasteiger partial charge in [-0.25, -0.2) is 4.98 Å². The molecule has 1 saturated heterocycles. The number of benzene rings is 1. The minimum Gasteiger partial charge on any atom is -0.368 e. The average Bonchev–Trinajstić information content (AvgIpc) is 3.13. The quantitative estimate of drug-likeness (QED) is 0.723. The first-order chi connectivity index (χ1) is 12.2. The molecule has 3 heterocycles. The summed E-state index contributed by atoms with van der Waals surface area (Å²) in [7, 11) is 0. The molecule has 1 aromatic heterocycles. The number of halogens is 1. The van der Waals surface area contributed by atoms with Crippen LogP contribution in [0.15, 0.2) is 29.2 Å². The third kappa shape index (κ3) is 4.04. The van der Waals surface area contributed by atoms with Gasteiger partial charge in [-0.2, -0.15) is 4.98 Å². The third-order valence-corrected chi connectivity index (χ3v) is 5.94. The van der Waals surface area contributed by atoms with Crippen LogP contribution in [0.5, 0.6) is 0 Å². The van der Waals surface area contributed by atoms with Gasteiger partial charge in [0.2, 0.25) is 5.95 Å². The van der Waals surface area contributed by atoms with Gasteiger partial charge < -0.3 is 9.80 Å². The SMILES string of the molecule is CC.Cc1ccc(N2CCN(c3nc(Cl)c4c(n3)CCS4)CC2)cc1. The summed E-state index contributed by atoms with van der Waals surface area (Å²) in [5.74, 6) is 1.86. The van der Waals surface area contributed by atoms with Crippen LogP contribution in [-0.4, -0.2) is 41.9 Å². The number of thioether (sulfide) groups is 1. The van der Waals surface area contributed by atoms with E-state index >= 15 is 0 Å². The Balaban J connectivity index is 0.000000880. The van der Waals surface area contributed by atoms with E-state index in [-0.39, 0.29) is 0 Å². The van der Waals surface area contributed by atoms with Crippen LogP contribution in [0.3, 0.4) is 0 Å². The lowest BCUT2D eigenvalue weighted by molar-refractivity contribution is 0.637. The topological polar surface area (TPSA) is 32.3 Å². The van der Waals surface area contributed by atoms with Crippen LogP contribution in [-0.2, 0) is 6.42 Å². The minimum atomic E-state index is 0.619. The first-order valence-corrected chi connectivity index (χ1v) is 10.3. The van der Waals surface area contributed by atoms with Crippen molar-refractivity contribution in [3.63, 3.8) is 0 Å². The molecule has 0 atom stereocenters. The number of aryl methyl sites for hydroxylation is 2. The van der Waals surface area contributed by atoms with E-state index in [0.717, 1.165) is 54.9 Å². The molecule has 0 aliphatic carbocycles. The summed E-state index contributed by atoms with van der Waals surface area (Å²) in [5.41, 5.74) is 3.71. The van der Waals surface area contributed by atoms with E-state index in [0.29, 0.717) is 5.15 Å². The van der Waals surface area contributed by atoms with Gasteiger partial charge in [-0.3, -0.25) is 0 Å². The predicted molar refractivity (Wildman–Crippen MR) is 108 cm³/mol. The molecule has 0 amide bonds. The lowest BCUT2D eigenvalue weighted by Crippen LogP contribution is -2.47. The van der Waals surface area contributed by atoms with Gasteiger partial charge in [-0.1, -0.05) is 43.1 Å². The van der Waals surface area contributed by atoms with Gasteiger partial charge in [0.25, 0.3) is 0 Å². The zero-order valence-electron chi connectivity index (χ0n) is 15.1. The number of nitrogens with zero attached hydrogens (tertiary/aromatic N) is 4. The maximum absolute atomic E-state index is 6.32. The first-order valence-electron chi connectivity index (χ1n) is 8.96. The van der Waals surface area contributed by atoms with Gasteiger partial charge in [-0.05, 0) is 19.1 Å². The highest BCUT2D eigenvalue weighted by atomic mass is 35.5. The number of rotatable bonds is 2. The average molecular weight is 377 g/mol. The number of piperazine rings is 1. The van der Waals surface area contributed by atoms with Crippen LogP contribution in [0, 0.1) is 6.92 Å². The van der Waals surface area contributed by atoms with Gasteiger partial charge in [0, 0.05) is 44.0 Å². The van der Waals surface area contributed by atoms with Crippen molar-refractivity contribution in [2.75, 3.05) is 41.7 Å². The van der Waals surface area contributed by atoms with E-state index in [4.69, 9.17) is 16.6 Å². The maximum atomic E-state index is 6.32. The summed E-state index contributed by atoms with van der Waals surface area (Å²) in [6.07, 6.45) is 0.999. The summed E-state index contributed by atoms with van der Waals surface area (Å²) in [6.45, 7) is 9.94. The second-order valence-electron chi connectivity index (χ2n) is 6.00. The summed E-state index contributed by atoms with van der Waals surface area (Å²) in [6, 6.07) is 8.74. The second kappa shape index (κ2) is 8.28. The molecule has 134 valence electrons. The van der Waals surface area contributed by atoms with Gasteiger partial charge in [0.05, 0.1) is 10.6 Å². The zero-order chi connectivity index (χ0) is 17.8. The molecular weight excluding hydrogens is 352 g/mol. The van der Waals surface area contributed by atoms with Crippen LogP contribution < -0.4 is 9.80 Å². The summed E-state index contributed by atoms with van der Waals surface area (Å²) < 4.78 is 0. The fourth-order valence-corrected chi connectivity index (χ4v) is 4.40. The molecule has 0 unspecified atom stereocenters. The molecule has 6 heteroatoms. The lowest BCUT2D eigenvalue weighted by Gasteiger charge is -2.36. The largest absolute Gasteiger partial charge is 0.368 e. The number of aromatic nitrogens is 2. The van der Waals surface area contributed by atoms with Crippen molar-refractivity contribution in [2.45, 2.75) is 32.1 Å². The standard InChI is InChI=1S/C17H19ClN4S.C2H6/c1-12-2-4-13(5-3-12)21-7-9-22(10-8-21)17-19-14-6-11-23-15(14)16(18)20-17;1-2/h2-5H,6-11H2,1H3;1-2H3. The van der Waals surface area contributed by atoms with Crippen molar-refractivity contribution >= 4 is 35.0 Å². The van der Waals surface area contributed by atoms with E-state index in [1.807, 2.05) is 13.8 Å². The third-order valence-electron chi connectivity index (χ3n) is 4.43. The molecule has 4 nitrogen and oxygen atoms in total. The molecule has 4 rings (SSSR count). The molecule has 1 aromatic carbocycles. The zero-order valence-corrected chi connectivity index (χ0v) is 16.7. The Morgan fingerprint density at radius 2 is 1.60 bits per heavy atom. The number of anilines is 2. The number of hydrogen-bond acceptors (Lipinski definition) is 5. The van der Waals surface area contributed by atoms with Crippen LogP contribution >= 0.6 is 23.4 Å². The Kier molecular flexibility index (Phi) is 6.07. The van der Waals surface area contributed by atoms with Gasteiger partial charge in [0.1, 0.15) is 5.15 Å². The smallest absolute Gasteiger partial charge is 0.227 e. The first kappa shape index (κ1) is 18.3. The molecule has 25 heavy (non-hydrogen) atoms. The van der Waals surface area contributed by atoms with Crippen LogP contribution in [0.25, 0.3) is 0 Å². The molecule has 0 spiro atoms. The van der Waals surface area contributed by atoms with Crippen LogP contribution in [0.4, 0.5) is 11.6 Å². The monoisotopic (exact) mass is 376 g/mol. The molecule has 0 radical (unpaired) electrons. The van der Waals surface area contributed by atoms with E-state index < -0.39 is 0 Å². The molecule has 0 saturated carbocycles. The number of fused-ring (bicyclic) bond motifs is 1. The van der Waals surface area contributed by atoms with Crippen molar-refractivity contribution in [3.8, 4) is 0 Å². The van der Waals surface area contributed by atoms with Crippen molar-refractivity contribution in [2.24, 2.45) is 0 Å². The van der Waals surface area contributed by atoms with E-state index in [9.17, 15) is 0 Å². The summed E-state index contributed by atoms with van der Waals surface area (Å²) in [4.78, 5) is 15.0. The fraction of sp³-hybridized carbons (Fsp3) is 0.474. The highest BCUT2D eigenvalue weighted by molar-refractivity contribution is 7.99. The van der Waals surface area contributed by atoms with Gasteiger partial charge in [0.15, 0.2) is 0 Å². The van der Waals surface area contributed by atoms with Crippen molar-refractivity contribution in [1.82, 2.24) is 9.97 Å². The minimum absolute atomic E-state index is 0.619. The summed E-state index contributed by atoms with van der Waals surface area (Å²) >= 11 is 8.09. The Labute approximate surface area is 159 Å². The van der Waals surface area contributed by atoms with Gasteiger partial charge >= 0.3 is 0 Å². The molecule has 2 aromatic rings. The summed E-state index contributed by atoms with van der Waals surface area (Å²) in [5, 5.41) is 0.619. The Morgan fingerprint density at radius 1 is 0.960 bits per heavy atom.